The van der Waals surface area contributed by atoms with Crippen molar-refractivity contribution in [1.29, 1.82) is 0 Å². The van der Waals surface area contributed by atoms with Crippen LogP contribution >= 0.6 is 31.9 Å². The standard InChI is InChI=1S/C10H10Br2N4/c1-16-9(5-13)14-15-10(16)7-4-6(11)2-3-8(7)12/h2-4H,5,13H2,1H3. The van der Waals surface area contributed by atoms with E-state index in [2.05, 4.69) is 42.1 Å². The Bertz CT molecular complexity index is 522. The summed E-state index contributed by atoms with van der Waals surface area (Å²) in [5.74, 6) is 1.57. The zero-order valence-corrected chi connectivity index (χ0v) is 11.8. The van der Waals surface area contributed by atoms with Gasteiger partial charge in [0.15, 0.2) is 5.82 Å². The highest BCUT2D eigenvalue weighted by Gasteiger charge is 2.12. The maximum atomic E-state index is 5.57. The Morgan fingerprint density at radius 2 is 2.06 bits per heavy atom. The van der Waals surface area contributed by atoms with E-state index in [0.717, 1.165) is 26.2 Å². The predicted octanol–water partition coefficient (Wildman–Crippen LogP) is 2.47. The molecule has 0 unspecified atom stereocenters. The number of benzene rings is 1. The lowest BCUT2D eigenvalue weighted by Crippen LogP contribution is -2.05. The molecule has 0 spiro atoms. The average molecular weight is 346 g/mol. The molecule has 0 saturated heterocycles. The van der Waals surface area contributed by atoms with Crippen LogP contribution in [-0.4, -0.2) is 14.8 Å². The molecule has 0 radical (unpaired) electrons. The first-order valence-corrected chi connectivity index (χ1v) is 6.26. The molecule has 0 fully saturated rings. The van der Waals surface area contributed by atoms with E-state index in [0.29, 0.717) is 6.54 Å². The molecule has 2 aromatic rings. The van der Waals surface area contributed by atoms with E-state index in [1.54, 1.807) is 0 Å². The number of nitrogens with zero attached hydrogens (tertiary/aromatic N) is 3. The van der Waals surface area contributed by atoms with Crippen LogP contribution in [0.15, 0.2) is 27.1 Å². The first-order valence-electron chi connectivity index (χ1n) is 4.67. The Morgan fingerprint density at radius 1 is 1.31 bits per heavy atom. The van der Waals surface area contributed by atoms with E-state index in [-0.39, 0.29) is 0 Å². The second-order valence-electron chi connectivity index (χ2n) is 3.33. The molecule has 0 saturated carbocycles. The van der Waals surface area contributed by atoms with Crippen LogP contribution in [0.25, 0.3) is 11.4 Å². The van der Waals surface area contributed by atoms with Crippen LogP contribution in [0.3, 0.4) is 0 Å². The summed E-state index contributed by atoms with van der Waals surface area (Å²) in [6, 6.07) is 5.93. The highest BCUT2D eigenvalue weighted by Crippen LogP contribution is 2.29. The molecule has 84 valence electrons. The topological polar surface area (TPSA) is 56.7 Å². The summed E-state index contributed by atoms with van der Waals surface area (Å²) in [5.41, 5.74) is 6.56. The van der Waals surface area contributed by atoms with Gasteiger partial charge in [0.05, 0.1) is 6.54 Å². The van der Waals surface area contributed by atoms with Gasteiger partial charge in [-0.15, -0.1) is 10.2 Å². The first kappa shape index (κ1) is 11.8. The SMILES string of the molecule is Cn1c(CN)nnc1-c1cc(Br)ccc1Br. The van der Waals surface area contributed by atoms with Gasteiger partial charge in [-0.05, 0) is 18.2 Å². The highest BCUT2D eigenvalue weighted by atomic mass is 79.9. The number of rotatable bonds is 2. The van der Waals surface area contributed by atoms with Crippen molar-refractivity contribution in [3.63, 3.8) is 0 Å². The van der Waals surface area contributed by atoms with Crippen LogP contribution in [0.1, 0.15) is 5.82 Å². The lowest BCUT2D eigenvalue weighted by atomic mass is 10.2. The van der Waals surface area contributed by atoms with Crippen molar-refractivity contribution in [3.05, 3.63) is 33.0 Å². The lowest BCUT2D eigenvalue weighted by Gasteiger charge is -2.05. The normalized spacial score (nSPS) is 10.8. The first-order chi connectivity index (χ1) is 7.63. The monoisotopic (exact) mass is 344 g/mol. The third-order valence-corrected chi connectivity index (χ3v) is 3.50. The minimum Gasteiger partial charge on any atom is -0.324 e. The van der Waals surface area contributed by atoms with Crippen molar-refractivity contribution in [2.75, 3.05) is 0 Å². The number of hydrogen-bond acceptors (Lipinski definition) is 3. The molecule has 1 aromatic heterocycles. The summed E-state index contributed by atoms with van der Waals surface area (Å²) < 4.78 is 3.88. The quantitative estimate of drug-likeness (QED) is 0.909. The van der Waals surface area contributed by atoms with Gasteiger partial charge in [0, 0.05) is 21.6 Å². The zero-order chi connectivity index (χ0) is 11.7. The maximum Gasteiger partial charge on any atom is 0.164 e. The molecule has 1 aromatic carbocycles. The maximum absolute atomic E-state index is 5.57. The van der Waals surface area contributed by atoms with E-state index < -0.39 is 0 Å². The number of aromatic nitrogens is 3. The van der Waals surface area contributed by atoms with Gasteiger partial charge in [-0.1, -0.05) is 31.9 Å². The van der Waals surface area contributed by atoms with Crippen molar-refractivity contribution < 1.29 is 0 Å². The van der Waals surface area contributed by atoms with Crippen LogP contribution in [0.2, 0.25) is 0 Å². The fraction of sp³-hybridized carbons (Fsp3) is 0.200. The molecule has 16 heavy (non-hydrogen) atoms. The molecule has 1 heterocycles. The Morgan fingerprint density at radius 3 is 2.69 bits per heavy atom. The van der Waals surface area contributed by atoms with Crippen molar-refractivity contribution in [2.24, 2.45) is 12.8 Å². The van der Waals surface area contributed by atoms with Crippen LogP contribution in [0.5, 0.6) is 0 Å². The Balaban J connectivity index is 2.58. The van der Waals surface area contributed by atoms with Crippen molar-refractivity contribution in [1.82, 2.24) is 14.8 Å². The molecule has 4 nitrogen and oxygen atoms in total. The van der Waals surface area contributed by atoms with Crippen LogP contribution in [0.4, 0.5) is 0 Å². The van der Waals surface area contributed by atoms with Gasteiger partial charge >= 0.3 is 0 Å². The second kappa shape index (κ2) is 4.65. The van der Waals surface area contributed by atoms with Crippen LogP contribution in [0, 0.1) is 0 Å². The second-order valence-corrected chi connectivity index (χ2v) is 5.10. The van der Waals surface area contributed by atoms with Gasteiger partial charge in [-0.2, -0.15) is 0 Å². The van der Waals surface area contributed by atoms with E-state index in [9.17, 15) is 0 Å². The summed E-state index contributed by atoms with van der Waals surface area (Å²) in [6.07, 6.45) is 0. The third-order valence-electron chi connectivity index (χ3n) is 2.32. The molecule has 2 N–H and O–H groups in total. The van der Waals surface area contributed by atoms with Crippen molar-refractivity contribution in [2.45, 2.75) is 6.54 Å². The van der Waals surface area contributed by atoms with Gasteiger partial charge in [-0.25, -0.2) is 0 Å². The Labute approximate surface area is 110 Å². The van der Waals surface area contributed by atoms with Gasteiger partial charge in [0.1, 0.15) is 5.82 Å². The van der Waals surface area contributed by atoms with Gasteiger partial charge < -0.3 is 10.3 Å². The van der Waals surface area contributed by atoms with Gasteiger partial charge in [-0.3, -0.25) is 0 Å². The van der Waals surface area contributed by atoms with Crippen molar-refractivity contribution >= 4 is 31.9 Å². The number of hydrogen-bond donors (Lipinski definition) is 1. The van der Waals surface area contributed by atoms with Crippen molar-refractivity contribution in [3.8, 4) is 11.4 Å². The molecule has 2 rings (SSSR count). The Hall–Kier alpha value is -0.720. The molecule has 0 bridgehead atoms. The molecule has 0 atom stereocenters. The summed E-state index contributed by atoms with van der Waals surface area (Å²) in [7, 11) is 1.91. The molecule has 0 aliphatic heterocycles. The van der Waals surface area contributed by atoms with E-state index in [4.69, 9.17) is 5.73 Å². The fourth-order valence-corrected chi connectivity index (χ4v) is 2.23. The summed E-state index contributed by atoms with van der Waals surface area (Å²) >= 11 is 6.94. The smallest absolute Gasteiger partial charge is 0.164 e. The Kier molecular flexibility index (Phi) is 3.41. The van der Waals surface area contributed by atoms with E-state index >= 15 is 0 Å². The third kappa shape index (κ3) is 2.05. The summed E-state index contributed by atoms with van der Waals surface area (Å²) in [5, 5.41) is 8.17. The average Bonchev–Trinajstić information content (AvgIpc) is 2.63. The predicted molar refractivity (Wildman–Crippen MR) is 69.7 cm³/mol. The van der Waals surface area contributed by atoms with Gasteiger partial charge in [0.2, 0.25) is 0 Å². The summed E-state index contributed by atoms with van der Waals surface area (Å²) in [6.45, 7) is 0.384. The minimum atomic E-state index is 0.384. The minimum absolute atomic E-state index is 0.384. The van der Waals surface area contributed by atoms with Crippen LogP contribution < -0.4 is 5.73 Å². The fourth-order valence-electron chi connectivity index (χ4n) is 1.44. The van der Waals surface area contributed by atoms with E-state index in [1.807, 2.05) is 29.8 Å². The summed E-state index contributed by atoms with van der Waals surface area (Å²) in [4.78, 5) is 0. The molecule has 0 amide bonds. The number of nitrogens with two attached hydrogens (primary N) is 1. The number of halogens is 2. The zero-order valence-electron chi connectivity index (χ0n) is 8.61. The molecule has 0 aliphatic carbocycles. The highest BCUT2D eigenvalue weighted by molar-refractivity contribution is 9.11. The molecule has 0 aliphatic rings. The largest absolute Gasteiger partial charge is 0.324 e. The molecular formula is C10H10Br2N4. The van der Waals surface area contributed by atoms with E-state index in [1.165, 1.54) is 0 Å². The molecule has 6 heteroatoms. The van der Waals surface area contributed by atoms with Crippen LogP contribution in [-0.2, 0) is 13.6 Å². The molecular weight excluding hydrogens is 336 g/mol. The van der Waals surface area contributed by atoms with Gasteiger partial charge in [0.25, 0.3) is 0 Å². The lowest BCUT2D eigenvalue weighted by molar-refractivity contribution is 0.796.